The molecule has 1 aliphatic rings. The van der Waals surface area contributed by atoms with Gasteiger partial charge in [-0.1, -0.05) is 13.0 Å². The van der Waals surface area contributed by atoms with Gasteiger partial charge in [-0.25, -0.2) is 0 Å². The zero-order valence-electron chi connectivity index (χ0n) is 9.35. The molecule has 1 heterocycles. The smallest absolute Gasteiger partial charge is 0.161 e. The summed E-state index contributed by atoms with van der Waals surface area (Å²) < 4.78 is 10.9. The fourth-order valence-electron chi connectivity index (χ4n) is 1.75. The molecule has 88 valence electrons. The molecule has 1 aromatic carbocycles. The van der Waals surface area contributed by atoms with Crippen LogP contribution in [0.4, 0.5) is 0 Å². The van der Waals surface area contributed by atoms with E-state index in [0.717, 1.165) is 17.1 Å². The summed E-state index contributed by atoms with van der Waals surface area (Å²) in [7, 11) is 0. The summed E-state index contributed by atoms with van der Waals surface area (Å²) >= 11 is 0. The summed E-state index contributed by atoms with van der Waals surface area (Å²) in [5, 5.41) is 9.02. The molecular weight excluding hydrogens is 206 g/mol. The molecule has 2 unspecified atom stereocenters. The number of aliphatic hydroxyl groups is 1. The average Bonchev–Trinajstić information content (AvgIpc) is 2.36. The fraction of sp³-hybridized carbons (Fsp3) is 0.500. The van der Waals surface area contributed by atoms with Crippen molar-refractivity contribution in [3.8, 4) is 11.5 Å². The van der Waals surface area contributed by atoms with Gasteiger partial charge < -0.3 is 20.3 Å². The summed E-state index contributed by atoms with van der Waals surface area (Å²) in [6.45, 7) is 3.15. The Bertz CT molecular complexity index is 367. The van der Waals surface area contributed by atoms with Gasteiger partial charge in [0, 0.05) is 6.04 Å². The molecule has 1 aliphatic heterocycles. The first kappa shape index (κ1) is 11.2. The van der Waals surface area contributed by atoms with Crippen LogP contribution < -0.4 is 15.2 Å². The van der Waals surface area contributed by atoms with E-state index in [1.54, 1.807) is 0 Å². The van der Waals surface area contributed by atoms with E-state index < -0.39 is 0 Å². The number of benzene rings is 1. The fourth-order valence-corrected chi connectivity index (χ4v) is 1.75. The molecule has 16 heavy (non-hydrogen) atoms. The molecule has 1 aromatic rings. The Morgan fingerprint density at radius 3 is 2.69 bits per heavy atom. The first-order chi connectivity index (χ1) is 7.72. The first-order valence-corrected chi connectivity index (χ1v) is 5.48. The van der Waals surface area contributed by atoms with Crippen LogP contribution in [0.1, 0.15) is 18.4 Å². The molecule has 0 fully saturated rings. The highest BCUT2D eigenvalue weighted by atomic mass is 16.6. The first-order valence-electron chi connectivity index (χ1n) is 5.48. The van der Waals surface area contributed by atoms with Crippen LogP contribution in [-0.2, 0) is 0 Å². The highest BCUT2D eigenvalue weighted by Gasteiger charge is 2.18. The number of nitrogens with two attached hydrogens (primary N) is 1. The zero-order chi connectivity index (χ0) is 11.5. The van der Waals surface area contributed by atoms with Crippen LogP contribution in [0.15, 0.2) is 18.2 Å². The number of ether oxygens (including phenoxy) is 2. The molecule has 0 bridgehead atoms. The Balaban J connectivity index is 2.22. The van der Waals surface area contributed by atoms with Gasteiger partial charge in [0.15, 0.2) is 11.5 Å². The van der Waals surface area contributed by atoms with Crippen molar-refractivity contribution in [3.63, 3.8) is 0 Å². The second-order valence-corrected chi connectivity index (χ2v) is 4.04. The molecule has 4 nitrogen and oxygen atoms in total. The third-order valence-corrected chi connectivity index (χ3v) is 2.95. The Kier molecular flexibility index (Phi) is 3.31. The summed E-state index contributed by atoms with van der Waals surface area (Å²) in [6.07, 6.45) is 0. The molecule has 0 aliphatic carbocycles. The van der Waals surface area contributed by atoms with Gasteiger partial charge in [-0.2, -0.15) is 0 Å². The third-order valence-electron chi connectivity index (χ3n) is 2.95. The number of fused-ring (bicyclic) bond motifs is 1. The predicted molar refractivity (Wildman–Crippen MR) is 60.9 cm³/mol. The summed E-state index contributed by atoms with van der Waals surface area (Å²) in [5.41, 5.74) is 6.86. The van der Waals surface area contributed by atoms with Crippen molar-refractivity contribution in [2.45, 2.75) is 18.9 Å². The van der Waals surface area contributed by atoms with E-state index >= 15 is 0 Å². The quantitative estimate of drug-likeness (QED) is 0.798. The minimum absolute atomic E-state index is 0.0182. The summed E-state index contributed by atoms with van der Waals surface area (Å²) in [4.78, 5) is 0. The second kappa shape index (κ2) is 4.72. The van der Waals surface area contributed by atoms with Gasteiger partial charge in [0.2, 0.25) is 0 Å². The van der Waals surface area contributed by atoms with Crippen LogP contribution in [-0.4, -0.2) is 31.0 Å². The van der Waals surface area contributed by atoms with Crippen molar-refractivity contribution in [3.05, 3.63) is 23.8 Å². The highest BCUT2D eigenvalue weighted by molar-refractivity contribution is 5.44. The van der Waals surface area contributed by atoms with Gasteiger partial charge in [0.25, 0.3) is 0 Å². The van der Waals surface area contributed by atoms with Crippen LogP contribution in [0.25, 0.3) is 0 Å². The van der Waals surface area contributed by atoms with E-state index in [9.17, 15) is 0 Å². The molecule has 0 amide bonds. The molecule has 0 saturated heterocycles. The molecule has 0 saturated carbocycles. The molecule has 0 spiro atoms. The lowest BCUT2D eigenvalue weighted by atomic mass is 9.94. The normalized spacial score (nSPS) is 17.9. The Morgan fingerprint density at radius 2 is 2.00 bits per heavy atom. The van der Waals surface area contributed by atoms with E-state index in [4.69, 9.17) is 20.3 Å². The minimum atomic E-state index is -0.248. The molecule has 2 rings (SSSR count). The maximum atomic E-state index is 9.02. The maximum Gasteiger partial charge on any atom is 0.161 e. The molecule has 2 atom stereocenters. The topological polar surface area (TPSA) is 64.7 Å². The van der Waals surface area contributed by atoms with Crippen LogP contribution in [0.3, 0.4) is 0 Å². The van der Waals surface area contributed by atoms with Crippen molar-refractivity contribution < 1.29 is 14.6 Å². The highest BCUT2D eigenvalue weighted by Crippen LogP contribution is 2.33. The SMILES string of the molecule is CC(c1ccc2c(c1)OCCO2)C(N)CO. The van der Waals surface area contributed by atoms with E-state index in [1.165, 1.54) is 0 Å². The van der Waals surface area contributed by atoms with Crippen molar-refractivity contribution in [1.29, 1.82) is 0 Å². The maximum absolute atomic E-state index is 9.02. The van der Waals surface area contributed by atoms with E-state index in [2.05, 4.69) is 0 Å². The molecule has 3 N–H and O–H groups in total. The van der Waals surface area contributed by atoms with Crippen molar-refractivity contribution in [2.24, 2.45) is 5.73 Å². The largest absolute Gasteiger partial charge is 0.486 e. The standard InChI is InChI=1S/C12H17NO3/c1-8(10(13)7-14)9-2-3-11-12(6-9)16-5-4-15-11/h2-3,6,8,10,14H,4-5,7,13H2,1H3. The molecule has 4 heteroatoms. The van der Waals surface area contributed by atoms with Gasteiger partial charge in [-0.3, -0.25) is 0 Å². The number of rotatable bonds is 3. The summed E-state index contributed by atoms with van der Waals surface area (Å²) in [5.74, 6) is 1.64. The van der Waals surface area contributed by atoms with E-state index in [1.807, 2.05) is 25.1 Å². The van der Waals surface area contributed by atoms with Crippen molar-refractivity contribution in [1.82, 2.24) is 0 Å². The Labute approximate surface area is 95.0 Å². The zero-order valence-corrected chi connectivity index (χ0v) is 9.35. The van der Waals surface area contributed by atoms with Gasteiger partial charge in [-0.05, 0) is 23.6 Å². The van der Waals surface area contributed by atoms with Gasteiger partial charge in [0.05, 0.1) is 6.61 Å². The van der Waals surface area contributed by atoms with Crippen LogP contribution in [0.5, 0.6) is 11.5 Å². The third kappa shape index (κ3) is 2.13. The number of hydrogen-bond donors (Lipinski definition) is 2. The lowest BCUT2D eigenvalue weighted by Crippen LogP contribution is -2.30. The van der Waals surface area contributed by atoms with E-state index in [0.29, 0.717) is 13.2 Å². The molecular formula is C12H17NO3. The number of hydrogen-bond acceptors (Lipinski definition) is 4. The van der Waals surface area contributed by atoms with Gasteiger partial charge >= 0.3 is 0 Å². The average molecular weight is 223 g/mol. The van der Waals surface area contributed by atoms with Crippen LogP contribution >= 0.6 is 0 Å². The number of aliphatic hydroxyl groups excluding tert-OH is 1. The van der Waals surface area contributed by atoms with Gasteiger partial charge in [-0.15, -0.1) is 0 Å². The molecule has 0 aromatic heterocycles. The molecule has 0 radical (unpaired) electrons. The Hall–Kier alpha value is -1.26. The van der Waals surface area contributed by atoms with Crippen molar-refractivity contribution >= 4 is 0 Å². The predicted octanol–water partition coefficient (Wildman–Crippen LogP) is 0.881. The lowest BCUT2D eigenvalue weighted by Gasteiger charge is -2.22. The van der Waals surface area contributed by atoms with Gasteiger partial charge in [0.1, 0.15) is 13.2 Å². The van der Waals surface area contributed by atoms with Crippen LogP contribution in [0, 0.1) is 0 Å². The Morgan fingerprint density at radius 1 is 1.31 bits per heavy atom. The lowest BCUT2D eigenvalue weighted by molar-refractivity contribution is 0.171. The second-order valence-electron chi connectivity index (χ2n) is 4.04. The minimum Gasteiger partial charge on any atom is -0.486 e. The van der Waals surface area contributed by atoms with Crippen LogP contribution in [0.2, 0.25) is 0 Å². The monoisotopic (exact) mass is 223 g/mol. The van der Waals surface area contributed by atoms with E-state index in [-0.39, 0.29) is 18.6 Å². The van der Waals surface area contributed by atoms with Crippen molar-refractivity contribution in [2.75, 3.05) is 19.8 Å². The summed E-state index contributed by atoms with van der Waals surface area (Å²) in [6, 6.07) is 5.55.